The van der Waals surface area contributed by atoms with E-state index in [1.165, 1.54) is 37.7 Å². The smallest absolute Gasteiger partial charge is 0.00818 e. The third-order valence-electron chi connectivity index (χ3n) is 5.84. The van der Waals surface area contributed by atoms with Gasteiger partial charge in [-0.25, -0.2) is 0 Å². The summed E-state index contributed by atoms with van der Waals surface area (Å²) in [7, 11) is 0. The number of hydrogen-bond donors (Lipinski definition) is 0. The van der Waals surface area contributed by atoms with Crippen molar-refractivity contribution in [2.24, 2.45) is 16.7 Å². The van der Waals surface area contributed by atoms with Gasteiger partial charge in [0.25, 0.3) is 0 Å². The first-order valence-corrected chi connectivity index (χ1v) is 7.25. The second-order valence-corrected chi connectivity index (χ2v) is 7.02. The first-order valence-electron chi connectivity index (χ1n) is 7.25. The molecule has 1 atom stereocenters. The minimum atomic E-state index is 0.347. The van der Waals surface area contributed by atoms with Crippen LogP contribution in [0.3, 0.4) is 0 Å². The molecule has 0 aromatic heterocycles. The predicted octanol–water partition coefficient (Wildman–Crippen LogP) is 5.51. The lowest BCUT2D eigenvalue weighted by Crippen LogP contribution is -2.44. The molecule has 0 saturated heterocycles. The number of rotatable bonds is 2. The van der Waals surface area contributed by atoms with Gasteiger partial charge in [0.1, 0.15) is 0 Å². The zero-order valence-electron chi connectivity index (χ0n) is 12.3. The monoisotopic (exact) mass is 232 g/mol. The van der Waals surface area contributed by atoms with Crippen molar-refractivity contribution < 1.29 is 0 Å². The SMILES string of the molecule is C=C1C2=C(CCC2)C(C)(C)C(C)(C)C1CCC. The fourth-order valence-corrected chi connectivity index (χ4v) is 4.08. The second-order valence-electron chi connectivity index (χ2n) is 7.02. The molecule has 0 aromatic carbocycles. The first kappa shape index (κ1) is 12.9. The average molecular weight is 232 g/mol. The standard InChI is InChI=1S/C17H28/c1-7-9-14-12(2)13-10-8-11-15(13)17(5,6)16(14,3)4/h14H,2,7-11H2,1,3-6H3. The molecule has 0 aromatic rings. The van der Waals surface area contributed by atoms with E-state index in [-0.39, 0.29) is 0 Å². The lowest BCUT2D eigenvalue weighted by molar-refractivity contribution is 0.0725. The summed E-state index contributed by atoms with van der Waals surface area (Å²) in [5, 5.41) is 0. The van der Waals surface area contributed by atoms with E-state index >= 15 is 0 Å². The summed E-state index contributed by atoms with van der Waals surface area (Å²) in [5.74, 6) is 0.680. The van der Waals surface area contributed by atoms with Crippen molar-refractivity contribution in [1.82, 2.24) is 0 Å². The molecule has 1 unspecified atom stereocenters. The molecular weight excluding hydrogens is 204 g/mol. The Morgan fingerprint density at radius 2 is 1.82 bits per heavy atom. The molecule has 0 amide bonds. The third-order valence-corrected chi connectivity index (χ3v) is 5.84. The Hall–Kier alpha value is -0.520. The molecule has 0 aliphatic heterocycles. The summed E-state index contributed by atoms with van der Waals surface area (Å²) < 4.78 is 0. The lowest BCUT2D eigenvalue weighted by atomic mass is 9.51. The molecular formula is C17H28. The lowest BCUT2D eigenvalue weighted by Gasteiger charge is -2.53. The van der Waals surface area contributed by atoms with Gasteiger partial charge in [0.05, 0.1) is 0 Å². The van der Waals surface area contributed by atoms with E-state index in [9.17, 15) is 0 Å². The van der Waals surface area contributed by atoms with Crippen LogP contribution in [0.25, 0.3) is 0 Å². The van der Waals surface area contributed by atoms with Gasteiger partial charge < -0.3 is 0 Å². The average Bonchev–Trinajstić information content (AvgIpc) is 2.72. The van der Waals surface area contributed by atoms with Gasteiger partial charge in [0.15, 0.2) is 0 Å². The van der Waals surface area contributed by atoms with Gasteiger partial charge in [-0.1, -0.05) is 53.2 Å². The van der Waals surface area contributed by atoms with E-state index in [0.717, 1.165) is 0 Å². The van der Waals surface area contributed by atoms with Gasteiger partial charge in [-0.3, -0.25) is 0 Å². The molecule has 0 bridgehead atoms. The molecule has 2 rings (SSSR count). The highest BCUT2D eigenvalue weighted by Crippen LogP contribution is 2.61. The van der Waals surface area contributed by atoms with Gasteiger partial charge in [0.2, 0.25) is 0 Å². The molecule has 0 nitrogen and oxygen atoms in total. The minimum Gasteiger partial charge on any atom is -0.0953 e. The predicted molar refractivity (Wildman–Crippen MR) is 76.0 cm³/mol. The van der Waals surface area contributed by atoms with Gasteiger partial charge in [-0.05, 0) is 53.6 Å². The van der Waals surface area contributed by atoms with Crippen LogP contribution < -0.4 is 0 Å². The van der Waals surface area contributed by atoms with Gasteiger partial charge in [-0.2, -0.15) is 0 Å². The topological polar surface area (TPSA) is 0 Å². The highest BCUT2D eigenvalue weighted by molar-refractivity contribution is 5.46. The van der Waals surface area contributed by atoms with Crippen LogP contribution in [0.5, 0.6) is 0 Å². The van der Waals surface area contributed by atoms with Crippen molar-refractivity contribution in [3.8, 4) is 0 Å². The van der Waals surface area contributed by atoms with Crippen LogP contribution in [0, 0.1) is 16.7 Å². The molecule has 96 valence electrons. The van der Waals surface area contributed by atoms with Crippen molar-refractivity contribution in [3.63, 3.8) is 0 Å². The molecule has 0 fully saturated rings. The number of allylic oxidation sites excluding steroid dienone is 3. The van der Waals surface area contributed by atoms with Gasteiger partial charge >= 0.3 is 0 Å². The van der Waals surface area contributed by atoms with Crippen LogP contribution in [0.1, 0.15) is 66.7 Å². The van der Waals surface area contributed by atoms with E-state index in [0.29, 0.717) is 16.7 Å². The molecule has 2 aliphatic rings. The second kappa shape index (κ2) is 4.00. The summed E-state index contributed by atoms with van der Waals surface area (Å²) in [6, 6.07) is 0. The molecule has 0 radical (unpaired) electrons. The zero-order valence-corrected chi connectivity index (χ0v) is 12.3. The van der Waals surface area contributed by atoms with E-state index in [2.05, 4.69) is 41.2 Å². The minimum absolute atomic E-state index is 0.347. The maximum Gasteiger partial charge on any atom is -0.00818 e. The number of hydrogen-bond acceptors (Lipinski definition) is 0. The molecule has 0 spiro atoms. The molecule has 0 N–H and O–H groups in total. The largest absolute Gasteiger partial charge is 0.0953 e. The molecule has 17 heavy (non-hydrogen) atoms. The van der Waals surface area contributed by atoms with Crippen LogP contribution in [0.4, 0.5) is 0 Å². The Balaban J connectivity index is 2.51. The Kier molecular flexibility index (Phi) is 3.04. The quantitative estimate of drug-likeness (QED) is 0.589. The summed E-state index contributed by atoms with van der Waals surface area (Å²) in [5.41, 5.74) is 5.54. The van der Waals surface area contributed by atoms with Crippen LogP contribution in [-0.2, 0) is 0 Å². The fourth-order valence-electron chi connectivity index (χ4n) is 4.08. The maximum absolute atomic E-state index is 4.46. The summed E-state index contributed by atoms with van der Waals surface area (Å²) in [4.78, 5) is 0. The van der Waals surface area contributed by atoms with Crippen molar-refractivity contribution in [2.45, 2.75) is 66.7 Å². The van der Waals surface area contributed by atoms with Crippen molar-refractivity contribution in [2.75, 3.05) is 0 Å². The normalized spacial score (nSPS) is 30.6. The summed E-state index contributed by atoms with van der Waals surface area (Å²) >= 11 is 0. The Labute approximate surface area is 107 Å². The zero-order chi connectivity index (χ0) is 12.8. The van der Waals surface area contributed by atoms with E-state index < -0.39 is 0 Å². The maximum atomic E-state index is 4.46. The molecule has 0 heterocycles. The molecule has 0 heteroatoms. The van der Waals surface area contributed by atoms with E-state index in [1.807, 2.05) is 0 Å². The highest BCUT2D eigenvalue weighted by atomic mass is 14.5. The summed E-state index contributed by atoms with van der Waals surface area (Å²) in [6.45, 7) is 16.6. The first-order chi connectivity index (χ1) is 7.84. The Morgan fingerprint density at radius 1 is 1.18 bits per heavy atom. The van der Waals surface area contributed by atoms with E-state index in [4.69, 9.17) is 0 Å². The highest BCUT2D eigenvalue weighted by Gasteiger charge is 2.51. The Bertz CT molecular complexity index is 365. The van der Waals surface area contributed by atoms with Crippen LogP contribution in [-0.4, -0.2) is 0 Å². The fraction of sp³-hybridized carbons (Fsp3) is 0.765. The van der Waals surface area contributed by atoms with Gasteiger partial charge in [0, 0.05) is 0 Å². The van der Waals surface area contributed by atoms with Crippen LogP contribution >= 0.6 is 0 Å². The van der Waals surface area contributed by atoms with Crippen molar-refractivity contribution >= 4 is 0 Å². The third kappa shape index (κ3) is 1.63. The molecule has 0 saturated carbocycles. The van der Waals surface area contributed by atoms with E-state index in [1.54, 1.807) is 11.1 Å². The van der Waals surface area contributed by atoms with Crippen LogP contribution in [0.2, 0.25) is 0 Å². The molecule has 2 aliphatic carbocycles. The van der Waals surface area contributed by atoms with Crippen LogP contribution in [0.15, 0.2) is 23.3 Å². The Morgan fingerprint density at radius 3 is 2.41 bits per heavy atom. The van der Waals surface area contributed by atoms with Gasteiger partial charge in [-0.15, -0.1) is 0 Å². The summed E-state index contributed by atoms with van der Waals surface area (Å²) in [6.07, 6.45) is 6.51. The van der Waals surface area contributed by atoms with Crippen molar-refractivity contribution in [3.05, 3.63) is 23.3 Å². The van der Waals surface area contributed by atoms with Crippen molar-refractivity contribution in [1.29, 1.82) is 0 Å².